The van der Waals surface area contributed by atoms with Crippen LogP contribution in [0.4, 0.5) is 0 Å². The maximum absolute atomic E-state index is 9.36. The van der Waals surface area contributed by atoms with Crippen molar-refractivity contribution in [1.29, 1.82) is 0 Å². The number of aliphatic hydroxyl groups is 1. The molecule has 0 bridgehead atoms. The summed E-state index contributed by atoms with van der Waals surface area (Å²) in [4.78, 5) is 0. The van der Waals surface area contributed by atoms with Crippen LogP contribution in [0, 0.1) is 5.41 Å². The normalized spacial score (nSPS) is 16.5. The van der Waals surface area contributed by atoms with E-state index in [4.69, 9.17) is 0 Å². The van der Waals surface area contributed by atoms with E-state index in [1.807, 2.05) is 0 Å². The van der Waals surface area contributed by atoms with Crippen molar-refractivity contribution >= 4 is 15.9 Å². The third-order valence-corrected chi connectivity index (χ3v) is 3.97. The number of rotatable bonds is 6. The zero-order valence-electron chi connectivity index (χ0n) is 10.8. The van der Waals surface area contributed by atoms with Crippen LogP contribution in [-0.4, -0.2) is 18.3 Å². The smallest absolute Gasteiger partial charge is 0.0496 e. The first-order chi connectivity index (χ1) is 8.00. The summed E-state index contributed by atoms with van der Waals surface area (Å²) in [5.41, 5.74) is 1.24. The molecule has 2 unspecified atom stereocenters. The Kier molecular flexibility index (Phi) is 5.63. The second-order valence-corrected chi connectivity index (χ2v) is 5.89. The molecular formula is C14H22BrNO. The fourth-order valence-electron chi connectivity index (χ4n) is 1.56. The largest absolute Gasteiger partial charge is 0.396 e. The highest BCUT2D eigenvalue weighted by atomic mass is 79.9. The van der Waals surface area contributed by atoms with Crippen molar-refractivity contribution in [2.24, 2.45) is 5.41 Å². The van der Waals surface area contributed by atoms with Crippen LogP contribution in [0.5, 0.6) is 0 Å². The van der Waals surface area contributed by atoms with Crippen LogP contribution < -0.4 is 5.32 Å². The summed E-state index contributed by atoms with van der Waals surface area (Å²) < 4.78 is 1.10. The number of hydrogen-bond donors (Lipinski definition) is 2. The molecule has 0 aliphatic heterocycles. The Hall–Kier alpha value is -0.380. The number of benzene rings is 1. The first kappa shape index (κ1) is 14.7. The quantitative estimate of drug-likeness (QED) is 0.842. The molecule has 1 rings (SSSR count). The average molecular weight is 300 g/mol. The van der Waals surface area contributed by atoms with Gasteiger partial charge in [-0.25, -0.2) is 0 Å². The van der Waals surface area contributed by atoms with E-state index in [2.05, 4.69) is 66.3 Å². The standard InChI is InChI=1S/C14H22BrNO/c1-4-14(3,10-17)9-16-11(2)12-5-7-13(15)8-6-12/h5-8,11,16-17H,4,9-10H2,1-3H3. The average Bonchev–Trinajstić information content (AvgIpc) is 2.36. The molecule has 0 saturated heterocycles. The van der Waals surface area contributed by atoms with Gasteiger partial charge in [0.25, 0.3) is 0 Å². The molecule has 0 spiro atoms. The topological polar surface area (TPSA) is 32.3 Å². The first-order valence-electron chi connectivity index (χ1n) is 6.10. The molecule has 2 atom stereocenters. The van der Waals surface area contributed by atoms with Crippen molar-refractivity contribution in [3.05, 3.63) is 34.3 Å². The van der Waals surface area contributed by atoms with Crippen LogP contribution in [0.25, 0.3) is 0 Å². The van der Waals surface area contributed by atoms with E-state index in [1.54, 1.807) is 0 Å². The van der Waals surface area contributed by atoms with E-state index in [9.17, 15) is 5.11 Å². The summed E-state index contributed by atoms with van der Waals surface area (Å²) in [6.07, 6.45) is 0.976. The zero-order chi connectivity index (χ0) is 12.9. The van der Waals surface area contributed by atoms with Gasteiger partial charge in [-0.1, -0.05) is 41.9 Å². The van der Waals surface area contributed by atoms with Gasteiger partial charge in [-0.15, -0.1) is 0 Å². The van der Waals surface area contributed by atoms with Gasteiger partial charge in [0.05, 0.1) is 0 Å². The van der Waals surface area contributed by atoms with Crippen molar-refractivity contribution in [1.82, 2.24) is 5.32 Å². The van der Waals surface area contributed by atoms with E-state index in [0.717, 1.165) is 17.4 Å². The lowest BCUT2D eigenvalue weighted by atomic mass is 9.88. The molecule has 0 aliphatic carbocycles. The summed E-state index contributed by atoms with van der Waals surface area (Å²) in [5.74, 6) is 0. The summed E-state index contributed by atoms with van der Waals surface area (Å²) in [7, 11) is 0. The van der Waals surface area contributed by atoms with Crippen LogP contribution in [0.2, 0.25) is 0 Å². The van der Waals surface area contributed by atoms with Crippen LogP contribution >= 0.6 is 15.9 Å². The minimum absolute atomic E-state index is 0.0242. The molecule has 0 radical (unpaired) electrons. The maximum atomic E-state index is 9.36. The molecule has 0 aliphatic rings. The van der Waals surface area contributed by atoms with Gasteiger partial charge in [0.1, 0.15) is 0 Å². The molecule has 1 aromatic rings. The van der Waals surface area contributed by atoms with Gasteiger partial charge in [0, 0.05) is 29.1 Å². The molecule has 0 saturated carbocycles. The lowest BCUT2D eigenvalue weighted by Gasteiger charge is -2.28. The third kappa shape index (κ3) is 4.41. The Bertz CT molecular complexity index is 333. The van der Waals surface area contributed by atoms with Crippen molar-refractivity contribution in [3.63, 3.8) is 0 Å². The summed E-state index contributed by atoms with van der Waals surface area (Å²) >= 11 is 3.43. The molecule has 0 amide bonds. The van der Waals surface area contributed by atoms with Crippen molar-refractivity contribution in [2.45, 2.75) is 33.2 Å². The summed E-state index contributed by atoms with van der Waals surface area (Å²) in [6, 6.07) is 8.64. The van der Waals surface area contributed by atoms with Crippen LogP contribution in [0.3, 0.4) is 0 Å². The number of halogens is 1. The highest BCUT2D eigenvalue weighted by Crippen LogP contribution is 2.21. The Balaban J connectivity index is 2.55. The van der Waals surface area contributed by atoms with Crippen molar-refractivity contribution in [2.75, 3.05) is 13.2 Å². The molecule has 17 heavy (non-hydrogen) atoms. The Morgan fingerprint density at radius 1 is 1.35 bits per heavy atom. The lowest BCUT2D eigenvalue weighted by Crippen LogP contribution is -2.35. The fourth-order valence-corrected chi connectivity index (χ4v) is 1.83. The second-order valence-electron chi connectivity index (χ2n) is 4.98. The van der Waals surface area contributed by atoms with Gasteiger partial charge in [0.15, 0.2) is 0 Å². The number of aliphatic hydroxyl groups excluding tert-OH is 1. The molecule has 0 fully saturated rings. The number of hydrogen-bond acceptors (Lipinski definition) is 2. The number of nitrogens with one attached hydrogen (secondary N) is 1. The Labute approximate surface area is 113 Å². The lowest BCUT2D eigenvalue weighted by molar-refractivity contribution is 0.132. The minimum Gasteiger partial charge on any atom is -0.396 e. The van der Waals surface area contributed by atoms with E-state index >= 15 is 0 Å². The monoisotopic (exact) mass is 299 g/mol. The highest BCUT2D eigenvalue weighted by Gasteiger charge is 2.21. The van der Waals surface area contributed by atoms with Crippen molar-refractivity contribution in [3.8, 4) is 0 Å². The molecular weight excluding hydrogens is 278 g/mol. The first-order valence-corrected chi connectivity index (χ1v) is 6.90. The SMILES string of the molecule is CCC(C)(CO)CNC(C)c1ccc(Br)cc1. The predicted molar refractivity (Wildman–Crippen MR) is 76.0 cm³/mol. The van der Waals surface area contributed by atoms with Gasteiger partial charge in [-0.3, -0.25) is 0 Å². The van der Waals surface area contributed by atoms with Crippen molar-refractivity contribution < 1.29 is 5.11 Å². The zero-order valence-corrected chi connectivity index (χ0v) is 12.4. The molecule has 2 N–H and O–H groups in total. The summed E-state index contributed by atoms with van der Waals surface area (Å²) in [6.45, 7) is 7.42. The van der Waals surface area contributed by atoms with Crippen LogP contribution in [0.15, 0.2) is 28.7 Å². The predicted octanol–water partition coefficient (Wildman–Crippen LogP) is 3.51. The van der Waals surface area contributed by atoms with Gasteiger partial charge >= 0.3 is 0 Å². The van der Waals surface area contributed by atoms with E-state index in [0.29, 0.717) is 6.04 Å². The van der Waals surface area contributed by atoms with Gasteiger partial charge < -0.3 is 10.4 Å². The molecule has 2 nitrogen and oxygen atoms in total. The Morgan fingerprint density at radius 3 is 2.41 bits per heavy atom. The van der Waals surface area contributed by atoms with Gasteiger partial charge in [0.2, 0.25) is 0 Å². The van der Waals surface area contributed by atoms with Gasteiger partial charge in [-0.05, 0) is 31.0 Å². The molecule has 0 aromatic heterocycles. The third-order valence-electron chi connectivity index (χ3n) is 3.44. The molecule has 0 heterocycles. The van der Waals surface area contributed by atoms with E-state index < -0.39 is 0 Å². The highest BCUT2D eigenvalue weighted by molar-refractivity contribution is 9.10. The van der Waals surface area contributed by atoms with E-state index in [1.165, 1.54) is 5.56 Å². The van der Waals surface area contributed by atoms with E-state index in [-0.39, 0.29) is 12.0 Å². The van der Waals surface area contributed by atoms with Gasteiger partial charge in [-0.2, -0.15) is 0 Å². The molecule has 3 heteroatoms. The summed E-state index contributed by atoms with van der Waals surface area (Å²) in [5, 5.41) is 12.8. The minimum atomic E-state index is -0.0242. The molecule has 1 aromatic carbocycles. The molecule has 96 valence electrons. The fraction of sp³-hybridized carbons (Fsp3) is 0.571. The Morgan fingerprint density at radius 2 is 1.94 bits per heavy atom. The maximum Gasteiger partial charge on any atom is 0.0496 e. The van der Waals surface area contributed by atoms with Crippen LogP contribution in [-0.2, 0) is 0 Å². The van der Waals surface area contributed by atoms with Crippen LogP contribution in [0.1, 0.15) is 38.8 Å². The second kappa shape index (κ2) is 6.53.